The van der Waals surface area contributed by atoms with Crippen molar-refractivity contribution in [3.05, 3.63) is 65.5 Å². The van der Waals surface area contributed by atoms with Crippen LogP contribution in [0.15, 0.2) is 48.5 Å². The maximum absolute atomic E-state index is 14.2. The van der Waals surface area contributed by atoms with E-state index in [1.807, 2.05) is 13.0 Å². The van der Waals surface area contributed by atoms with E-state index in [0.717, 1.165) is 12.8 Å². The van der Waals surface area contributed by atoms with Crippen LogP contribution in [0, 0.1) is 5.82 Å². The van der Waals surface area contributed by atoms with Gasteiger partial charge in [0.05, 0.1) is 11.3 Å². The zero-order chi connectivity index (χ0) is 22.5. The van der Waals surface area contributed by atoms with Crippen LogP contribution in [0.25, 0.3) is 0 Å². The topological polar surface area (TPSA) is 60.9 Å². The number of carbonyl (C=O) groups excluding carboxylic acids is 3. The molecule has 5 rings (SSSR count). The first kappa shape index (κ1) is 20.7. The summed E-state index contributed by atoms with van der Waals surface area (Å²) < 4.78 is 14.2. The van der Waals surface area contributed by atoms with E-state index in [1.165, 1.54) is 6.07 Å². The molecule has 166 valence electrons. The van der Waals surface area contributed by atoms with E-state index in [4.69, 9.17) is 0 Å². The summed E-state index contributed by atoms with van der Waals surface area (Å²) >= 11 is 0. The van der Waals surface area contributed by atoms with Crippen molar-refractivity contribution < 1.29 is 18.8 Å². The summed E-state index contributed by atoms with van der Waals surface area (Å²) in [6.45, 7) is 2.34. The summed E-state index contributed by atoms with van der Waals surface area (Å²) in [5.41, 5.74) is 0.844. The number of para-hydroxylation sites is 1. The van der Waals surface area contributed by atoms with Crippen LogP contribution < -0.4 is 4.90 Å². The van der Waals surface area contributed by atoms with Gasteiger partial charge in [-0.25, -0.2) is 4.39 Å². The molecule has 1 saturated heterocycles. The number of benzene rings is 2. The van der Waals surface area contributed by atoms with Gasteiger partial charge in [-0.15, -0.1) is 0 Å². The Hall–Kier alpha value is -3.22. The number of fused-ring (bicyclic) bond motifs is 3. The van der Waals surface area contributed by atoms with Crippen LogP contribution >= 0.6 is 0 Å². The highest BCUT2D eigenvalue weighted by molar-refractivity contribution is 6.10. The predicted molar refractivity (Wildman–Crippen MR) is 117 cm³/mol. The molecule has 1 saturated carbocycles. The number of amides is 3. The van der Waals surface area contributed by atoms with Gasteiger partial charge in [0, 0.05) is 37.5 Å². The van der Waals surface area contributed by atoms with E-state index >= 15 is 0 Å². The molecule has 2 aromatic carbocycles. The summed E-state index contributed by atoms with van der Waals surface area (Å²) in [5, 5.41) is 0. The highest BCUT2D eigenvalue weighted by Gasteiger charge is 2.53. The van der Waals surface area contributed by atoms with Gasteiger partial charge in [0.1, 0.15) is 11.5 Å². The lowest BCUT2D eigenvalue weighted by Crippen LogP contribution is -2.62. The van der Waals surface area contributed by atoms with E-state index in [2.05, 4.69) is 0 Å². The molecule has 0 bridgehead atoms. The van der Waals surface area contributed by atoms with Crippen LogP contribution in [0.3, 0.4) is 0 Å². The molecule has 1 aliphatic carbocycles. The largest absolute Gasteiger partial charge is 0.335 e. The van der Waals surface area contributed by atoms with Gasteiger partial charge in [-0.1, -0.05) is 30.3 Å². The summed E-state index contributed by atoms with van der Waals surface area (Å²) in [4.78, 5) is 44.3. The molecule has 0 aromatic heterocycles. The Balaban J connectivity index is 1.36. The quantitative estimate of drug-likeness (QED) is 0.695. The molecule has 0 radical (unpaired) electrons. The fourth-order valence-corrected chi connectivity index (χ4v) is 5.01. The Morgan fingerprint density at radius 2 is 1.84 bits per heavy atom. The van der Waals surface area contributed by atoms with Crippen molar-refractivity contribution >= 4 is 23.4 Å². The highest BCUT2D eigenvalue weighted by Crippen LogP contribution is 2.44. The van der Waals surface area contributed by atoms with E-state index in [0.29, 0.717) is 29.7 Å². The van der Waals surface area contributed by atoms with Gasteiger partial charge in [0.25, 0.3) is 5.91 Å². The van der Waals surface area contributed by atoms with Crippen molar-refractivity contribution in [1.29, 1.82) is 0 Å². The minimum Gasteiger partial charge on any atom is -0.335 e. The van der Waals surface area contributed by atoms with Gasteiger partial charge in [-0.05, 0) is 44.4 Å². The molecule has 3 amide bonds. The van der Waals surface area contributed by atoms with Crippen LogP contribution in [0.1, 0.15) is 54.9 Å². The van der Waals surface area contributed by atoms with E-state index in [9.17, 15) is 18.8 Å². The number of halogens is 1. The van der Waals surface area contributed by atoms with E-state index < -0.39 is 5.66 Å². The van der Waals surface area contributed by atoms with Crippen molar-refractivity contribution in [2.45, 2.75) is 57.3 Å². The highest BCUT2D eigenvalue weighted by atomic mass is 19.1. The second-order valence-electron chi connectivity index (χ2n) is 9.01. The third-order valence-corrected chi connectivity index (χ3v) is 6.90. The minimum absolute atomic E-state index is 0.0112. The predicted octanol–water partition coefficient (Wildman–Crippen LogP) is 3.71. The Morgan fingerprint density at radius 1 is 1.12 bits per heavy atom. The van der Waals surface area contributed by atoms with Crippen LogP contribution in [0.4, 0.5) is 10.1 Å². The Morgan fingerprint density at radius 3 is 2.59 bits per heavy atom. The maximum Gasteiger partial charge on any atom is 0.257 e. The maximum atomic E-state index is 14.2. The number of nitrogens with zero attached hydrogens (tertiary/aromatic N) is 3. The van der Waals surface area contributed by atoms with Gasteiger partial charge in [0.2, 0.25) is 11.8 Å². The van der Waals surface area contributed by atoms with Crippen molar-refractivity contribution in [2.24, 2.45) is 0 Å². The Kier molecular flexibility index (Phi) is 4.99. The molecule has 3 aliphatic rings. The first-order valence-corrected chi connectivity index (χ1v) is 11.2. The van der Waals surface area contributed by atoms with Gasteiger partial charge >= 0.3 is 0 Å². The second kappa shape index (κ2) is 7.73. The monoisotopic (exact) mass is 435 g/mol. The molecular weight excluding hydrogens is 409 g/mol. The third kappa shape index (κ3) is 3.36. The zero-order valence-electron chi connectivity index (χ0n) is 18.1. The number of rotatable bonds is 6. The summed E-state index contributed by atoms with van der Waals surface area (Å²) in [6.07, 6.45) is 2.86. The lowest BCUT2D eigenvalue weighted by atomic mass is 9.98. The molecule has 0 N–H and O–H groups in total. The van der Waals surface area contributed by atoms with E-state index in [-0.39, 0.29) is 49.1 Å². The average Bonchev–Trinajstić information content (AvgIpc) is 3.57. The van der Waals surface area contributed by atoms with Crippen LogP contribution in [0.5, 0.6) is 0 Å². The molecule has 2 aromatic rings. The normalized spacial score (nSPS) is 22.1. The SMILES string of the molecule is C[C@]12CCC(=O)N1c1ccccc1C(=O)N2CCC(=O)N(Cc1ccccc1F)C1CC1. The molecule has 2 heterocycles. The summed E-state index contributed by atoms with van der Waals surface area (Å²) in [6, 6.07) is 13.8. The zero-order valence-corrected chi connectivity index (χ0v) is 18.1. The summed E-state index contributed by atoms with van der Waals surface area (Å²) in [5.74, 6) is -0.583. The standard InChI is InChI=1S/C25H26FN3O3/c1-25-14-12-23(31)29(25)21-9-5-3-7-19(21)24(32)28(25)15-13-22(30)27(18-10-11-18)16-17-6-2-4-8-20(17)26/h2-9,18H,10-16H2,1H3/t25-/m1/s1. The average molecular weight is 435 g/mol. The van der Waals surface area contributed by atoms with Crippen LogP contribution in [-0.2, 0) is 16.1 Å². The van der Waals surface area contributed by atoms with Crippen molar-refractivity contribution in [2.75, 3.05) is 11.4 Å². The molecule has 6 nitrogen and oxygen atoms in total. The molecule has 0 spiro atoms. The third-order valence-electron chi connectivity index (χ3n) is 6.90. The molecule has 32 heavy (non-hydrogen) atoms. The van der Waals surface area contributed by atoms with Gasteiger partial charge in [0.15, 0.2) is 0 Å². The molecule has 0 unspecified atom stereocenters. The molecule has 7 heteroatoms. The number of hydrogen-bond acceptors (Lipinski definition) is 3. The van der Waals surface area contributed by atoms with Crippen LogP contribution in [-0.4, -0.2) is 45.8 Å². The lowest BCUT2D eigenvalue weighted by Gasteiger charge is -2.48. The number of carbonyl (C=O) groups is 3. The van der Waals surface area contributed by atoms with Crippen molar-refractivity contribution in [3.63, 3.8) is 0 Å². The smallest absolute Gasteiger partial charge is 0.257 e. The second-order valence-corrected chi connectivity index (χ2v) is 9.01. The Bertz CT molecular complexity index is 1100. The van der Waals surface area contributed by atoms with Gasteiger partial charge < -0.3 is 9.80 Å². The Labute approximate surface area is 186 Å². The van der Waals surface area contributed by atoms with Gasteiger partial charge in [-0.3, -0.25) is 19.3 Å². The fraction of sp³-hybridized carbons (Fsp3) is 0.400. The van der Waals surface area contributed by atoms with Crippen molar-refractivity contribution in [1.82, 2.24) is 9.80 Å². The van der Waals surface area contributed by atoms with E-state index in [1.54, 1.807) is 51.1 Å². The summed E-state index contributed by atoms with van der Waals surface area (Å²) in [7, 11) is 0. The fourth-order valence-electron chi connectivity index (χ4n) is 5.01. The number of hydrogen-bond donors (Lipinski definition) is 0. The van der Waals surface area contributed by atoms with Crippen LogP contribution in [0.2, 0.25) is 0 Å². The minimum atomic E-state index is -0.779. The van der Waals surface area contributed by atoms with Crippen molar-refractivity contribution in [3.8, 4) is 0 Å². The first-order valence-electron chi connectivity index (χ1n) is 11.2. The molecular formula is C25H26FN3O3. The lowest BCUT2D eigenvalue weighted by molar-refractivity contribution is -0.132. The first-order chi connectivity index (χ1) is 15.4. The molecule has 2 aliphatic heterocycles. The number of anilines is 1. The molecule has 1 atom stereocenters. The molecule has 2 fully saturated rings. The van der Waals surface area contributed by atoms with Gasteiger partial charge in [-0.2, -0.15) is 0 Å².